The van der Waals surface area contributed by atoms with Crippen molar-refractivity contribution < 1.29 is 12.9 Å². The van der Waals surface area contributed by atoms with Crippen LogP contribution < -0.4 is 10.0 Å². The molecule has 0 aliphatic heterocycles. The van der Waals surface area contributed by atoms with E-state index >= 15 is 0 Å². The Labute approximate surface area is 104 Å². The Morgan fingerprint density at radius 2 is 2.17 bits per heavy atom. The van der Waals surface area contributed by atoms with Gasteiger partial charge in [0.25, 0.3) is 10.0 Å². The Bertz CT molecular complexity index is 651. The summed E-state index contributed by atoms with van der Waals surface area (Å²) in [5.74, 6) is 0.0557. The summed E-state index contributed by atoms with van der Waals surface area (Å²) in [5.41, 5.74) is 0.990. The van der Waals surface area contributed by atoms with Gasteiger partial charge in [-0.15, -0.1) is 0 Å². The highest BCUT2D eigenvalue weighted by Gasteiger charge is 2.21. The molecule has 0 fully saturated rings. The molecule has 0 aromatic carbocycles. The van der Waals surface area contributed by atoms with E-state index in [9.17, 15) is 8.42 Å². The summed E-state index contributed by atoms with van der Waals surface area (Å²) in [6.07, 6.45) is 1.40. The third kappa shape index (κ3) is 2.43. The van der Waals surface area contributed by atoms with Crippen molar-refractivity contribution in [3.05, 3.63) is 30.1 Å². The average Bonchev–Trinajstić information content (AvgIpc) is 2.74. The van der Waals surface area contributed by atoms with Gasteiger partial charge in [0.05, 0.1) is 11.4 Å². The highest BCUT2D eigenvalue weighted by molar-refractivity contribution is 7.92. The van der Waals surface area contributed by atoms with E-state index in [-0.39, 0.29) is 10.9 Å². The number of sulfonamides is 1. The number of nitrogens with zero attached hydrogens (tertiary/aromatic N) is 2. The molecule has 0 unspecified atom stereocenters. The molecule has 0 bridgehead atoms. The van der Waals surface area contributed by atoms with Gasteiger partial charge in [0, 0.05) is 19.3 Å². The predicted molar refractivity (Wildman–Crippen MR) is 65.8 cm³/mol. The van der Waals surface area contributed by atoms with E-state index in [1.165, 1.54) is 12.3 Å². The molecule has 2 N–H and O–H groups in total. The summed E-state index contributed by atoms with van der Waals surface area (Å²) in [5, 5.41) is 6.27. The lowest BCUT2D eigenvalue weighted by Gasteiger charge is -2.08. The fourth-order valence-electron chi connectivity index (χ4n) is 1.39. The van der Waals surface area contributed by atoms with Crippen LogP contribution in [0.4, 0.5) is 11.6 Å². The number of hydrogen-bond donors (Lipinski definition) is 2. The molecule has 2 aromatic heterocycles. The summed E-state index contributed by atoms with van der Waals surface area (Å²) >= 11 is 0. The molecule has 0 spiro atoms. The molecule has 0 aliphatic carbocycles. The Kier molecular flexibility index (Phi) is 3.19. The maximum atomic E-state index is 12.1. The lowest BCUT2D eigenvalue weighted by Crippen LogP contribution is -2.15. The van der Waals surface area contributed by atoms with Crippen LogP contribution in [0.2, 0.25) is 0 Å². The summed E-state index contributed by atoms with van der Waals surface area (Å²) in [6, 6.07) is 4.75. The fourth-order valence-corrected chi connectivity index (χ4v) is 2.50. The molecule has 96 valence electrons. The van der Waals surface area contributed by atoms with Crippen molar-refractivity contribution in [3.8, 4) is 0 Å². The van der Waals surface area contributed by atoms with Crippen LogP contribution >= 0.6 is 0 Å². The van der Waals surface area contributed by atoms with Crippen molar-refractivity contribution in [2.45, 2.75) is 11.9 Å². The standard InChI is InChI=1S/C10H12N4O3S/c1-7-6-9(17-13-7)14-18(15,16)10-8(11-2)4-3-5-12-10/h3-6,11,14H,1-2H3. The summed E-state index contributed by atoms with van der Waals surface area (Å²) in [4.78, 5) is 3.85. The Hall–Kier alpha value is -2.09. The molecule has 2 aromatic rings. The number of hydrogen-bond acceptors (Lipinski definition) is 6. The lowest BCUT2D eigenvalue weighted by molar-refractivity contribution is 0.430. The zero-order chi connectivity index (χ0) is 13.2. The quantitative estimate of drug-likeness (QED) is 0.865. The molecular formula is C10H12N4O3S. The fraction of sp³-hybridized carbons (Fsp3) is 0.200. The van der Waals surface area contributed by atoms with E-state index < -0.39 is 10.0 Å². The van der Waals surface area contributed by atoms with Gasteiger partial charge in [-0.25, -0.2) is 9.71 Å². The van der Waals surface area contributed by atoms with Gasteiger partial charge in [-0.2, -0.15) is 8.42 Å². The number of rotatable bonds is 4. The van der Waals surface area contributed by atoms with Gasteiger partial charge in [0.2, 0.25) is 5.88 Å². The van der Waals surface area contributed by atoms with Crippen molar-refractivity contribution in [3.63, 3.8) is 0 Å². The van der Waals surface area contributed by atoms with Crippen molar-refractivity contribution >= 4 is 21.6 Å². The molecule has 2 heterocycles. The van der Waals surface area contributed by atoms with Crippen molar-refractivity contribution in [1.82, 2.24) is 10.1 Å². The van der Waals surface area contributed by atoms with Crippen LogP contribution in [0.3, 0.4) is 0 Å². The zero-order valence-corrected chi connectivity index (χ0v) is 10.7. The SMILES string of the molecule is CNc1cccnc1S(=O)(=O)Nc1cc(C)no1. The molecular weight excluding hydrogens is 256 g/mol. The number of anilines is 2. The van der Waals surface area contributed by atoms with E-state index in [0.29, 0.717) is 11.4 Å². The van der Waals surface area contributed by atoms with Crippen molar-refractivity contribution in [2.75, 3.05) is 17.1 Å². The van der Waals surface area contributed by atoms with Crippen LogP contribution in [0.25, 0.3) is 0 Å². The number of aromatic nitrogens is 2. The van der Waals surface area contributed by atoms with Crippen LogP contribution in [0.5, 0.6) is 0 Å². The van der Waals surface area contributed by atoms with Gasteiger partial charge in [0.1, 0.15) is 0 Å². The monoisotopic (exact) mass is 268 g/mol. The first-order valence-corrected chi connectivity index (χ1v) is 6.60. The van der Waals surface area contributed by atoms with Crippen LogP contribution in [0, 0.1) is 6.92 Å². The van der Waals surface area contributed by atoms with Crippen LogP contribution in [-0.4, -0.2) is 25.6 Å². The van der Waals surface area contributed by atoms with Crippen LogP contribution in [0.15, 0.2) is 33.9 Å². The van der Waals surface area contributed by atoms with Gasteiger partial charge in [-0.1, -0.05) is 5.16 Å². The maximum absolute atomic E-state index is 12.1. The molecule has 8 heteroatoms. The maximum Gasteiger partial charge on any atom is 0.283 e. The first-order valence-electron chi connectivity index (χ1n) is 5.12. The summed E-state index contributed by atoms with van der Waals surface area (Å²) in [7, 11) is -2.18. The van der Waals surface area contributed by atoms with E-state index in [1.54, 1.807) is 26.1 Å². The lowest BCUT2D eigenvalue weighted by atomic mass is 10.4. The summed E-state index contributed by atoms with van der Waals surface area (Å²) in [6.45, 7) is 1.70. The molecule has 0 saturated heterocycles. The molecule has 0 atom stereocenters. The van der Waals surface area contributed by atoms with Gasteiger partial charge >= 0.3 is 0 Å². The predicted octanol–water partition coefficient (Wildman–Crippen LogP) is 1.22. The van der Waals surface area contributed by atoms with E-state index in [1.807, 2.05) is 0 Å². The zero-order valence-electron chi connectivity index (χ0n) is 9.84. The normalized spacial score (nSPS) is 11.2. The number of nitrogens with one attached hydrogen (secondary N) is 2. The van der Waals surface area contributed by atoms with Gasteiger partial charge in [0.15, 0.2) is 5.03 Å². The Balaban J connectivity index is 2.36. The van der Waals surface area contributed by atoms with E-state index in [4.69, 9.17) is 4.52 Å². The van der Waals surface area contributed by atoms with E-state index in [2.05, 4.69) is 20.2 Å². The topological polar surface area (TPSA) is 97.1 Å². The second-order valence-corrected chi connectivity index (χ2v) is 5.14. The molecule has 7 nitrogen and oxygen atoms in total. The molecule has 0 radical (unpaired) electrons. The van der Waals surface area contributed by atoms with Gasteiger partial charge < -0.3 is 9.84 Å². The van der Waals surface area contributed by atoms with Crippen LogP contribution in [0.1, 0.15) is 5.69 Å². The summed E-state index contributed by atoms with van der Waals surface area (Å²) < 4.78 is 31.3. The van der Waals surface area contributed by atoms with E-state index in [0.717, 1.165) is 0 Å². The Morgan fingerprint density at radius 1 is 1.39 bits per heavy atom. The third-order valence-electron chi connectivity index (χ3n) is 2.16. The molecule has 0 aliphatic rings. The van der Waals surface area contributed by atoms with Gasteiger partial charge in [-0.05, 0) is 19.1 Å². The average molecular weight is 268 g/mol. The minimum absolute atomic E-state index is 0.0557. The third-order valence-corrected chi connectivity index (χ3v) is 3.46. The minimum Gasteiger partial charge on any atom is -0.386 e. The molecule has 0 amide bonds. The largest absolute Gasteiger partial charge is 0.386 e. The highest BCUT2D eigenvalue weighted by Crippen LogP contribution is 2.21. The Morgan fingerprint density at radius 3 is 2.78 bits per heavy atom. The highest BCUT2D eigenvalue weighted by atomic mass is 32.2. The second kappa shape index (κ2) is 4.65. The first kappa shape index (κ1) is 12.4. The number of pyridine rings is 1. The second-order valence-electron chi connectivity index (χ2n) is 3.54. The van der Waals surface area contributed by atoms with Crippen molar-refractivity contribution in [1.29, 1.82) is 0 Å². The van der Waals surface area contributed by atoms with Crippen LogP contribution in [-0.2, 0) is 10.0 Å². The molecule has 0 saturated carbocycles. The van der Waals surface area contributed by atoms with Gasteiger partial charge in [-0.3, -0.25) is 0 Å². The smallest absolute Gasteiger partial charge is 0.283 e. The minimum atomic E-state index is -3.80. The molecule has 18 heavy (non-hydrogen) atoms. The first-order chi connectivity index (χ1) is 8.53. The number of aryl methyl sites for hydroxylation is 1. The van der Waals surface area contributed by atoms with Crippen molar-refractivity contribution in [2.24, 2.45) is 0 Å². The molecule has 2 rings (SSSR count).